The summed E-state index contributed by atoms with van der Waals surface area (Å²) in [6.07, 6.45) is 2.87. The van der Waals surface area contributed by atoms with Crippen molar-refractivity contribution in [2.24, 2.45) is 5.92 Å². The highest BCUT2D eigenvalue weighted by atomic mass is 19.3. The maximum atomic E-state index is 15.0. The highest BCUT2D eigenvalue weighted by molar-refractivity contribution is 5.68. The van der Waals surface area contributed by atoms with Crippen molar-refractivity contribution in [2.75, 3.05) is 7.11 Å². The van der Waals surface area contributed by atoms with Crippen molar-refractivity contribution in [2.45, 2.75) is 63.6 Å². The van der Waals surface area contributed by atoms with Crippen molar-refractivity contribution >= 4 is 0 Å². The first kappa shape index (κ1) is 21.2. The molecule has 2 aliphatic rings. The predicted octanol–water partition coefficient (Wildman–Crippen LogP) is 6.86. The van der Waals surface area contributed by atoms with E-state index in [4.69, 9.17) is 9.47 Å². The molecule has 1 aliphatic carbocycles. The zero-order valence-corrected chi connectivity index (χ0v) is 17.2. The molecule has 2 aromatic rings. The molecule has 1 fully saturated rings. The molecule has 4 rings (SSSR count). The second-order valence-electron chi connectivity index (χ2n) is 8.43. The normalized spacial score (nSPS) is 25.5. The summed E-state index contributed by atoms with van der Waals surface area (Å²) in [6.45, 7) is 2.17. The average Bonchev–Trinajstić information content (AvgIpc) is 2.72. The summed E-state index contributed by atoms with van der Waals surface area (Å²) in [5, 5.41) is 0. The van der Waals surface area contributed by atoms with Crippen molar-refractivity contribution < 1.29 is 27.0 Å². The summed E-state index contributed by atoms with van der Waals surface area (Å²) in [5.41, 5.74) is 0.909. The maximum Gasteiger partial charge on any atom is 0.313 e. The predicted molar refractivity (Wildman–Crippen MR) is 107 cm³/mol. The van der Waals surface area contributed by atoms with E-state index in [1.54, 1.807) is 0 Å². The Morgan fingerprint density at radius 3 is 2.30 bits per heavy atom. The lowest BCUT2D eigenvalue weighted by Crippen LogP contribution is -2.44. The summed E-state index contributed by atoms with van der Waals surface area (Å²) < 4.78 is 68.1. The standard InChI is InChI=1S/C24H26F4O2/c1-3-14-4-6-15(7-5-14)17-11-19(25)22(20(26)12-17)16-8-9-21-18(10-16)13-24(27,28)23(29-2)30-21/h8-12,14-15,23H,3-7,13H2,1-2H3. The molecule has 0 aromatic heterocycles. The quantitative estimate of drug-likeness (QED) is 0.501. The van der Waals surface area contributed by atoms with Crippen LogP contribution in [0.5, 0.6) is 5.75 Å². The Kier molecular flexibility index (Phi) is 5.80. The third-order valence-electron chi connectivity index (χ3n) is 6.53. The first-order chi connectivity index (χ1) is 14.3. The molecule has 1 unspecified atom stereocenters. The summed E-state index contributed by atoms with van der Waals surface area (Å²) in [7, 11) is 1.15. The van der Waals surface area contributed by atoms with Crippen LogP contribution in [0.2, 0.25) is 0 Å². The Morgan fingerprint density at radius 2 is 1.70 bits per heavy atom. The van der Waals surface area contributed by atoms with E-state index in [1.165, 1.54) is 30.3 Å². The minimum atomic E-state index is -3.22. The molecule has 0 bridgehead atoms. The zero-order chi connectivity index (χ0) is 21.5. The van der Waals surface area contributed by atoms with Crippen molar-refractivity contribution in [1.82, 2.24) is 0 Å². The van der Waals surface area contributed by atoms with Gasteiger partial charge in [-0.2, -0.15) is 8.78 Å². The van der Waals surface area contributed by atoms with Gasteiger partial charge in [-0.1, -0.05) is 19.4 Å². The van der Waals surface area contributed by atoms with Crippen LogP contribution in [0, 0.1) is 17.6 Å². The van der Waals surface area contributed by atoms with Crippen LogP contribution in [-0.4, -0.2) is 19.3 Å². The van der Waals surface area contributed by atoms with Crippen LogP contribution in [0.3, 0.4) is 0 Å². The largest absolute Gasteiger partial charge is 0.458 e. The molecule has 0 saturated heterocycles. The van der Waals surface area contributed by atoms with Gasteiger partial charge in [0, 0.05) is 19.1 Å². The summed E-state index contributed by atoms with van der Waals surface area (Å²) >= 11 is 0. The van der Waals surface area contributed by atoms with Crippen LogP contribution in [0.4, 0.5) is 17.6 Å². The Labute approximate surface area is 174 Å². The molecule has 162 valence electrons. The fourth-order valence-corrected chi connectivity index (χ4v) is 4.76. The number of alkyl halides is 2. The van der Waals surface area contributed by atoms with Gasteiger partial charge in [-0.3, -0.25) is 0 Å². The van der Waals surface area contributed by atoms with Crippen LogP contribution in [0.1, 0.15) is 56.1 Å². The zero-order valence-electron chi connectivity index (χ0n) is 17.2. The summed E-state index contributed by atoms with van der Waals surface area (Å²) in [4.78, 5) is 0. The highest BCUT2D eigenvalue weighted by Crippen LogP contribution is 2.42. The monoisotopic (exact) mass is 422 g/mol. The van der Waals surface area contributed by atoms with E-state index < -0.39 is 30.3 Å². The lowest BCUT2D eigenvalue weighted by molar-refractivity contribution is -0.216. The van der Waals surface area contributed by atoms with E-state index in [-0.39, 0.29) is 28.4 Å². The fourth-order valence-electron chi connectivity index (χ4n) is 4.76. The molecule has 1 atom stereocenters. The SMILES string of the molecule is CCC1CCC(c2cc(F)c(-c3ccc4c(c3)CC(F)(F)C(OC)O4)c(F)c2)CC1. The van der Waals surface area contributed by atoms with E-state index in [9.17, 15) is 17.6 Å². The number of hydrogen-bond donors (Lipinski definition) is 0. The molecular weight excluding hydrogens is 396 g/mol. The second-order valence-corrected chi connectivity index (χ2v) is 8.43. The summed E-state index contributed by atoms with van der Waals surface area (Å²) in [5.74, 6) is -3.46. The van der Waals surface area contributed by atoms with Gasteiger partial charge in [0.1, 0.15) is 17.4 Å². The highest BCUT2D eigenvalue weighted by Gasteiger charge is 2.46. The van der Waals surface area contributed by atoms with Gasteiger partial charge < -0.3 is 9.47 Å². The minimum absolute atomic E-state index is 0.160. The Hall–Kier alpha value is -2.08. The van der Waals surface area contributed by atoms with Gasteiger partial charge in [0.15, 0.2) is 0 Å². The molecule has 0 spiro atoms. The van der Waals surface area contributed by atoms with Crippen LogP contribution >= 0.6 is 0 Å². The molecule has 2 nitrogen and oxygen atoms in total. The van der Waals surface area contributed by atoms with Gasteiger partial charge in [0.2, 0.25) is 0 Å². The number of rotatable bonds is 4. The molecule has 1 saturated carbocycles. The number of methoxy groups -OCH3 is 1. The van der Waals surface area contributed by atoms with E-state index in [0.717, 1.165) is 39.2 Å². The van der Waals surface area contributed by atoms with Crippen molar-refractivity contribution in [1.29, 1.82) is 0 Å². The van der Waals surface area contributed by atoms with Crippen LogP contribution < -0.4 is 4.74 Å². The van der Waals surface area contributed by atoms with Gasteiger partial charge >= 0.3 is 5.92 Å². The smallest absolute Gasteiger partial charge is 0.313 e. The average molecular weight is 422 g/mol. The van der Waals surface area contributed by atoms with Gasteiger partial charge in [-0.15, -0.1) is 0 Å². The van der Waals surface area contributed by atoms with E-state index in [2.05, 4.69) is 6.92 Å². The molecule has 0 amide bonds. The van der Waals surface area contributed by atoms with Gasteiger partial charge in [0.25, 0.3) is 6.29 Å². The molecular formula is C24H26F4O2. The second kappa shape index (κ2) is 8.22. The summed E-state index contributed by atoms with van der Waals surface area (Å²) in [6, 6.07) is 7.14. The number of fused-ring (bicyclic) bond motifs is 1. The van der Waals surface area contributed by atoms with Gasteiger partial charge in [-0.25, -0.2) is 8.78 Å². The van der Waals surface area contributed by atoms with Crippen LogP contribution in [-0.2, 0) is 11.2 Å². The number of hydrogen-bond acceptors (Lipinski definition) is 2. The van der Waals surface area contributed by atoms with Gasteiger partial charge in [-0.05, 0) is 72.9 Å². The number of benzene rings is 2. The van der Waals surface area contributed by atoms with Crippen molar-refractivity contribution in [3.63, 3.8) is 0 Å². The van der Waals surface area contributed by atoms with Gasteiger partial charge in [0.05, 0.1) is 5.56 Å². The minimum Gasteiger partial charge on any atom is -0.458 e. The van der Waals surface area contributed by atoms with Crippen LogP contribution in [0.15, 0.2) is 30.3 Å². The molecule has 1 heterocycles. The Bertz CT molecular complexity index is 896. The third kappa shape index (κ3) is 3.94. The number of halogens is 4. The van der Waals surface area contributed by atoms with E-state index in [1.807, 2.05) is 0 Å². The Morgan fingerprint density at radius 1 is 1.03 bits per heavy atom. The lowest BCUT2D eigenvalue weighted by atomic mass is 9.77. The first-order valence-electron chi connectivity index (χ1n) is 10.5. The van der Waals surface area contributed by atoms with E-state index >= 15 is 0 Å². The molecule has 6 heteroatoms. The van der Waals surface area contributed by atoms with E-state index in [0.29, 0.717) is 11.5 Å². The fraction of sp³-hybridized carbons (Fsp3) is 0.500. The third-order valence-corrected chi connectivity index (χ3v) is 6.53. The van der Waals surface area contributed by atoms with Crippen molar-refractivity contribution in [3.05, 3.63) is 53.1 Å². The maximum absolute atomic E-state index is 15.0. The topological polar surface area (TPSA) is 18.5 Å². The van der Waals surface area contributed by atoms with Crippen LogP contribution in [0.25, 0.3) is 11.1 Å². The molecule has 30 heavy (non-hydrogen) atoms. The molecule has 0 radical (unpaired) electrons. The lowest BCUT2D eigenvalue weighted by Gasteiger charge is -2.32. The first-order valence-corrected chi connectivity index (χ1v) is 10.5. The molecule has 0 N–H and O–H groups in total. The molecule has 2 aromatic carbocycles. The molecule has 1 aliphatic heterocycles. The Balaban J connectivity index is 1.62. The number of ether oxygens (including phenoxy) is 2. The van der Waals surface area contributed by atoms with Crippen molar-refractivity contribution in [3.8, 4) is 16.9 Å².